The van der Waals surface area contributed by atoms with Crippen LogP contribution in [0.15, 0.2) is 6.20 Å². The van der Waals surface area contributed by atoms with Crippen LogP contribution in [0, 0.1) is 0 Å². The van der Waals surface area contributed by atoms with Crippen LogP contribution in [0.4, 0.5) is 0 Å². The molecular formula is C14H22BLi2NO5. The molecule has 0 atom stereocenters. The largest absolute Gasteiger partial charge is 1.00 e. The Labute approximate surface area is 162 Å². The third-order valence-electron chi connectivity index (χ3n) is 2.59. The second-order valence-electron chi connectivity index (χ2n) is 4.55. The van der Waals surface area contributed by atoms with E-state index >= 15 is 0 Å². The summed E-state index contributed by atoms with van der Waals surface area (Å²) in [4.78, 5) is 4.03. The molecule has 0 bridgehead atoms. The van der Waals surface area contributed by atoms with Gasteiger partial charge >= 0.3 is 37.7 Å². The maximum absolute atomic E-state index is 11.5. The minimum Gasteiger partial charge on any atom is -0.889 e. The van der Waals surface area contributed by atoms with Crippen molar-refractivity contribution in [2.75, 3.05) is 19.8 Å². The molecule has 0 aliphatic rings. The number of hydrogen-bond donors (Lipinski definition) is 0. The van der Waals surface area contributed by atoms with E-state index in [-0.39, 0.29) is 54.8 Å². The second kappa shape index (κ2) is 14.1. The topological polar surface area (TPSA) is 86.7 Å². The van der Waals surface area contributed by atoms with Gasteiger partial charge in [0.15, 0.2) is 11.5 Å². The van der Waals surface area contributed by atoms with Crippen molar-refractivity contribution in [3.05, 3.63) is 6.20 Å². The van der Waals surface area contributed by atoms with Crippen molar-refractivity contribution in [2.24, 2.45) is 0 Å². The van der Waals surface area contributed by atoms with E-state index in [9.17, 15) is 10.0 Å². The molecule has 0 N–H and O–H groups in total. The average molecular weight is 309 g/mol. The van der Waals surface area contributed by atoms with E-state index in [4.69, 9.17) is 14.2 Å². The maximum Gasteiger partial charge on any atom is 1.00 e. The Bertz CT molecular complexity index is 438. The molecule has 0 fully saturated rings. The van der Waals surface area contributed by atoms with Crippen molar-refractivity contribution < 1.29 is 62.0 Å². The summed E-state index contributed by atoms with van der Waals surface area (Å²) in [6.07, 6.45) is 3.75. The van der Waals surface area contributed by atoms with Gasteiger partial charge in [0.2, 0.25) is 5.88 Å². The van der Waals surface area contributed by atoms with Gasteiger partial charge in [0, 0.05) is 0 Å². The molecule has 6 nitrogen and oxygen atoms in total. The molecule has 0 amide bonds. The molecule has 0 aliphatic heterocycles. The first kappa shape index (κ1) is 25.0. The number of hydrogen-bond acceptors (Lipinski definition) is 6. The molecule has 118 valence electrons. The summed E-state index contributed by atoms with van der Waals surface area (Å²) in [7, 11) is -2.23. The van der Waals surface area contributed by atoms with E-state index in [1.807, 2.05) is 20.8 Å². The van der Waals surface area contributed by atoms with Crippen molar-refractivity contribution in [1.82, 2.24) is 4.98 Å². The summed E-state index contributed by atoms with van der Waals surface area (Å²) in [5.41, 5.74) is -0.106. The fourth-order valence-corrected chi connectivity index (χ4v) is 1.66. The van der Waals surface area contributed by atoms with Crippen LogP contribution in [0.25, 0.3) is 0 Å². The average Bonchev–Trinajstić information content (AvgIpc) is 2.48. The van der Waals surface area contributed by atoms with Crippen LogP contribution in [0.1, 0.15) is 40.0 Å². The number of ether oxygens (including phenoxy) is 3. The van der Waals surface area contributed by atoms with Crippen molar-refractivity contribution in [1.29, 1.82) is 0 Å². The fraction of sp³-hybridized carbons (Fsp3) is 0.643. The molecule has 23 heavy (non-hydrogen) atoms. The van der Waals surface area contributed by atoms with Crippen molar-refractivity contribution >= 4 is 12.6 Å². The monoisotopic (exact) mass is 309 g/mol. The SMILES string of the molecule is CCCOc1cnc(OCCC)c(B([O-])[O-])c1OCCC.[Li+].[Li+]. The summed E-state index contributed by atoms with van der Waals surface area (Å²) < 4.78 is 16.4. The van der Waals surface area contributed by atoms with Gasteiger partial charge < -0.3 is 24.3 Å². The van der Waals surface area contributed by atoms with Crippen LogP contribution in [0.5, 0.6) is 17.4 Å². The molecule has 0 saturated heterocycles. The molecule has 1 aromatic heterocycles. The molecular weight excluding hydrogens is 287 g/mol. The van der Waals surface area contributed by atoms with E-state index < -0.39 is 7.12 Å². The number of nitrogens with zero attached hydrogens (tertiary/aromatic N) is 1. The van der Waals surface area contributed by atoms with Crippen LogP contribution in [-0.4, -0.2) is 31.9 Å². The third kappa shape index (κ3) is 7.90. The van der Waals surface area contributed by atoms with Crippen LogP contribution < -0.4 is 67.4 Å². The molecule has 1 rings (SSSR count). The Hall–Kier alpha value is -0.270. The Morgan fingerprint density at radius 2 is 1.43 bits per heavy atom. The predicted molar refractivity (Wildman–Crippen MR) is 77.0 cm³/mol. The molecule has 0 aliphatic carbocycles. The van der Waals surface area contributed by atoms with E-state index in [0.717, 1.165) is 19.3 Å². The molecule has 1 heterocycles. The van der Waals surface area contributed by atoms with Crippen molar-refractivity contribution in [3.63, 3.8) is 0 Å². The molecule has 9 heteroatoms. The van der Waals surface area contributed by atoms with E-state index in [1.54, 1.807) is 0 Å². The zero-order valence-corrected chi connectivity index (χ0v) is 14.9. The minimum absolute atomic E-state index is 0. The number of pyridine rings is 1. The smallest absolute Gasteiger partial charge is 0.889 e. The molecule has 0 spiro atoms. The van der Waals surface area contributed by atoms with Crippen LogP contribution in [0.3, 0.4) is 0 Å². The fourth-order valence-electron chi connectivity index (χ4n) is 1.66. The standard InChI is InChI=1S/C14H22BNO5.2Li/c1-4-7-19-11-10-16-14(21-9-6-3)12(15(17)18)13(11)20-8-5-2;;/h10H,4-9H2,1-3H3;;/q-2;2*+1. The second-order valence-corrected chi connectivity index (χ2v) is 4.55. The normalized spacial score (nSPS) is 9.43. The van der Waals surface area contributed by atoms with Gasteiger partial charge in [-0.1, -0.05) is 27.9 Å². The van der Waals surface area contributed by atoms with Gasteiger partial charge in [-0.15, -0.1) is 0 Å². The molecule has 0 saturated carbocycles. The molecule has 0 aromatic carbocycles. The van der Waals surface area contributed by atoms with Gasteiger partial charge in [-0.05, 0) is 24.7 Å². The Morgan fingerprint density at radius 3 is 1.96 bits per heavy atom. The van der Waals surface area contributed by atoms with Gasteiger partial charge in [-0.3, -0.25) is 0 Å². The minimum atomic E-state index is -2.23. The molecule has 0 radical (unpaired) electrons. The zero-order chi connectivity index (χ0) is 15.7. The zero-order valence-electron chi connectivity index (χ0n) is 14.9. The first-order valence-electron chi connectivity index (χ1n) is 7.38. The quantitative estimate of drug-likeness (QED) is 0.400. The molecule has 0 unspecified atom stereocenters. The van der Waals surface area contributed by atoms with Gasteiger partial charge in [-0.25, -0.2) is 4.98 Å². The summed E-state index contributed by atoms with van der Waals surface area (Å²) in [5, 5.41) is 23.0. The number of aromatic nitrogens is 1. The predicted octanol–water partition coefficient (Wildman–Crippen LogP) is -6.13. The summed E-state index contributed by atoms with van der Waals surface area (Å²) in [6.45, 7) is 7.06. The van der Waals surface area contributed by atoms with Gasteiger partial charge in [0.25, 0.3) is 0 Å². The molecule has 1 aromatic rings. The van der Waals surface area contributed by atoms with Gasteiger partial charge in [0.1, 0.15) is 0 Å². The van der Waals surface area contributed by atoms with Crippen molar-refractivity contribution in [2.45, 2.75) is 40.0 Å². The first-order valence-corrected chi connectivity index (χ1v) is 7.38. The van der Waals surface area contributed by atoms with Gasteiger partial charge in [0.05, 0.1) is 26.0 Å². The van der Waals surface area contributed by atoms with E-state index in [0.29, 0.717) is 25.6 Å². The van der Waals surface area contributed by atoms with Crippen LogP contribution in [0.2, 0.25) is 0 Å². The maximum atomic E-state index is 11.5. The third-order valence-corrected chi connectivity index (χ3v) is 2.59. The van der Waals surface area contributed by atoms with Crippen LogP contribution in [-0.2, 0) is 0 Å². The Balaban J connectivity index is 0. The Kier molecular flexibility index (Phi) is 15.3. The summed E-state index contributed by atoms with van der Waals surface area (Å²) in [5.74, 6) is 0.532. The summed E-state index contributed by atoms with van der Waals surface area (Å²) in [6, 6.07) is 0. The van der Waals surface area contributed by atoms with E-state index in [1.165, 1.54) is 6.20 Å². The van der Waals surface area contributed by atoms with E-state index in [2.05, 4.69) is 4.98 Å². The van der Waals surface area contributed by atoms with Gasteiger partial charge in [-0.2, -0.15) is 0 Å². The number of rotatable bonds is 10. The Morgan fingerprint density at radius 1 is 0.913 bits per heavy atom. The first-order chi connectivity index (χ1) is 10.2. The summed E-state index contributed by atoms with van der Waals surface area (Å²) >= 11 is 0. The van der Waals surface area contributed by atoms with Crippen LogP contribution >= 0.6 is 0 Å². The van der Waals surface area contributed by atoms with Crippen molar-refractivity contribution in [3.8, 4) is 17.4 Å².